The Morgan fingerprint density at radius 2 is 2.11 bits per heavy atom. The zero-order chi connectivity index (χ0) is 13.1. The predicted octanol–water partition coefficient (Wildman–Crippen LogP) is 2.61. The van der Waals surface area contributed by atoms with E-state index in [1.54, 1.807) is 6.07 Å². The van der Waals surface area contributed by atoms with Crippen LogP contribution in [0.15, 0.2) is 24.3 Å². The van der Waals surface area contributed by atoms with Crippen molar-refractivity contribution in [1.82, 2.24) is 15.5 Å². The normalized spacial score (nSPS) is 10.4. The maximum atomic E-state index is 11.9. The summed E-state index contributed by atoms with van der Waals surface area (Å²) in [5.74, 6) is -0.197. The van der Waals surface area contributed by atoms with Crippen LogP contribution in [-0.4, -0.2) is 16.1 Å². The number of carbonyl (C=O) groups excluding carboxylic acids is 1. The third-order valence-corrected chi connectivity index (χ3v) is 3.23. The molecule has 1 heterocycles. The van der Waals surface area contributed by atoms with Gasteiger partial charge in [0.1, 0.15) is 0 Å². The van der Waals surface area contributed by atoms with E-state index < -0.39 is 0 Å². The molecule has 5 heteroatoms. The molecule has 0 radical (unpaired) electrons. The van der Waals surface area contributed by atoms with Gasteiger partial charge in [-0.2, -0.15) is 5.10 Å². The fraction of sp³-hybridized carbons (Fsp3) is 0.231. The van der Waals surface area contributed by atoms with Gasteiger partial charge in [-0.05, 0) is 25.5 Å². The van der Waals surface area contributed by atoms with Crippen LogP contribution in [0.25, 0.3) is 0 Å². The van der Waals surface area contributed by atoms with Crippen LogP contribution in [0, 0.1) is 13.8 Å². The van der Waals surface area contributed by atoms with E-state index in [4.69, 9.17) is 11.6 Å². The second kappa shape index (κ2) is 5.23. The first kappa shape index (κ1) is 12.6. The highest BCUT2D eigenvalue weighted by molar-refractivity contribution is 6.31. The van der Waals surface area contributed by atoms with E-state index in [2.05, 4.69) is 15.5 Å². The van der Waals surface area contributed by atoms with E-state index in [0.717, 1.165) is 16.8 Å². The second-order valence-corrected chi connectivity index (χ2v) is 4.50. The largest absolute Gasteiger partial charge is 0.347 e. The number of nitrogens with zero attached hydrogens (tertiary/aromatic N) is 1. The van der Waals surface area contributed by atoms with Gasteiger partial charge in [0.15, 0.2) is 5.69 Å². The third kappa shape index (κ3) is 2.54. The molecule has 0 saturated heterocycles. The maximum Gasteiger partial charge on any atom is 0.272 e. The molecule has 0 unspecified atom stereocenters. The monoisotopic (exact) mass is 263 g/mol. The first-order valence-corrected chi connectivity index (χ1v) is 6.00. The number of amides is 1. The van der Waals surface area contributed by atoms with Crippen molar-refractivity contribution in [2.45, 2.75) is 20.4 Å². The Bertz CT molecular complexity index is 577. The minimum absolute atomic E-state index is 0.197. The molecule has 94 valence electrons. The van der Waals surface area contributed by atoms with Crippen molar-refractivity contribution < 1.29 is 4.79 Å². The fourth-order valence-electron chi connectivity index (χ4n) is 1.61. The number of benzene rings is 1. The summed E-state index contributed by atoms with van der Waals surface area (Å²) in [4.78, 5) is 11.9. The Kier molecular flexibility index (Phi) is 3.67. The average molecular weight is 264 g/mol. The van der Waals surface area contributed by atoms with Gasteiger partial charge in [0.25, 0.3) is 5.91 Å². The van der Waals surface area contributed by atoms with Crippen molar-refractivity contribution in [1.29, 1.82) is 0 Å². The van der Waals surface area contributed by atoms with E-state index in [-0.39, 0.29) is 5.91 Å². The van der Waals surface area contributed by atoms with Crippen LogP contribution in [-0.2, 0) is 6.54 Å². The molecule has 1 aromatic heterocycles. The zero-order valence-electron chi connectivity index (χ0n) is 10.2. The first-order valence-electron chi connectivity index (χ1n) is 5.62. The Balaban J connectivity index is 2.05. The standard InChI is InChI=1S/C13H14ClN3O/c1-8-9(2)16-17-12(8)13(18)15-7-10-5-3-4-6-11(10)14/h3-6H,7H2,1-2H3,(H,15,18)(H,16,17). The summed E-state index contributed by atoms with van der Waals surface area (Å²) in [6.45, 7) is 4.14. The molecule has 0 atom stereocenters. The van der Waals surface area contributed by atoms with Gasteiger partial charge in [-0.3, -0.25) is 9.89 Å². The summed E-state index contributed by atoms with van der Waals surface area (Å²) in [5, 5.41) is 10.2. The predicted molar refractivity (Wildman–Crippen MR) is 70.7 cm³/mol. The third-order valence-electron chi connectivity index (χ3n) is 2.87. The lowest BCUT2D eigenvalue weighted by molar-refractivity contribution is 0.0945. The molecule has 0 aliphatic carbocycles. The molecule has 0 saturated carbocycles. The number of carbonyl (C=O) groups is 1. The summed E-state index contributed by atoms with van der Waals surface area (Å²) >= 11 is 6.02. The van der Waals surface area contributed by atoms with Crippen LogP contribution in [0.1, 0.15) is 27.3 Å². The summed E-state index contributed by atoms with van der Waals surface area (Å²) in [6.07, 6.45) is 0. The van der Waals surface area contributed by atoms with E-state index in [1.165, 1.54) is 0 Å². The smallest absolute Gasteiger partial charge is 0.272 e. The van der Waals surface area contributed by atoms with Gasteiger partial charge in [-0.1, -0.05) is 29.8 Å². The van der Waals surface area contributed by atoms with Gasteiger partial charge in [0.05, 0.1) is 0 Å². The van der Waals surface area contributed by atoms with E-state index in [1.807, 2.05) is 32.0 Å². The van der Waals surface area contributed by atoms with Gasteiger partial charge in [0, 0.05) is 22.8 Å². The number of hydrogen-bond acceptors (Lipinski definition) is 2. The number of aryl methyl sites for hydroxylation is 1. The van der Waals surface area contributed by atoms with Crippen molar-refractivity contribution >= 4 is 17.5 Å². The van der Waals surface area contributed by atoms with E-state index in [9.17, 15) is 4.79 Å². The number of nitrogens with one attached hydrogen (secondary N) is 2. The van der Waals surface area contributed by atoms with Gasteiger partial charge in [-0.15, -0.1) is 0 Å². The van der Waals surface area contributed by atoms with Crippen molar-refractivity contribution in [3.8, 4) is 0 Å². The Morgan fingerprint density at radius 3 is 2.72 bits per heavy atom. The number of rotatable bonds is 3. The van der Waals surface area contributed by atoms with Crippen LogP contribution in [0.3, 0.4) is 0 Å². The summed E-state index contributed by atoms with van der Waals surface area (Å²) < 4.78 is 0. The number of H-pyrrole nitrogens is 1. The van der Waals surface area contributed by atoms with Crippen LogP contribution < -0.4 is 5.32 Å². The highest BCUT2D eigenvalue weighted by atomic mass is 35.5. The summed E-state index contributed by atoms with van der Waals surface area (Å²) in [6, 6.07) is 7.42. The fourth-order valence-corrected chi connectivity index (χ4v) is 1.81. The molecular formula is C13H14ClN3O. The first-order chi connectivity index (χ1) is 8.59. The van der Waals surface area contributed by atoms with Crippen molar-refractivity contribution in [2.75, 3.05) is 0 Å². The number of halogens is 1. The lowest BCUT2D eigenvalue weighted by Crippen LogP contribution is -2.24. The molecule has 1 aromatic carbocycles. The molecule has 18 heavy (non-hydrogen) atoms. The molecular weight excluding hydrogens is 250 g/mol. The maximum absolute atomic E-state index is 11.9. The SMILES string of the molecule is Cc1[nH]nc(C(=O)NCc2ccccc2Cl)c1C. The molecule has 2 aromatic rings. The summed E-state index contributed by atoms with van der Waals surface area (Å²) in [5.41, 5.74) is 3.08. The second-order valence-electron chi connectivity index (χ2n) is 4.10. The molecule has 2 N–H and O–H groups in total. The number of hydrogen-bond donors (Lipinski definition) is 2. The zero-order valence-corrected chi connectivity index (χ0v) is 11.0. The molecule has 0 aliphatic rings. The molecule has 0 aliphatic heterocycles. The average Bonchev–Trinajstić information content (AvgIpc) is 2.69. The number of aromatic amines is 1. The van der Waals surface area contributed by atoms with Crippen molar-refractivity contribution in [3.05, 3.63) is 51.8 Å². The number of aromatic nitrogens is 2. The Morgan fingerprint density at radius 1 is 1.39 bits per heavy atom. The lowest BCUT2D eigenvalue weighted by Gasteiger charge is -2.05. The molecule has 0 fully saturated rings. The molecule has 1 amide bonds. The highest BCUT2D eigenvalue weighted by Gasteiger charge is 2.14. The van der Waals surface area contributed by atoms with Crippen molar-refractivity contribution in [2.24, 2.45) is 0 Å². The van der Waals surface area contributed by atoms with E-state index in [0.29, 0.717) is 17.3 Å². The minimum Gasteiger partial charge on any atom is -0.347 e. The molecule has 0 spiro atoms. The molecule has 0 bridgehead atoms. The van der Waals surface area contributed by atoms with Crippen LogP contribution in [0.5, 0.6) is 0 Å². The van der Waals surface area contributed by atoms with E-state index >= 15 is 0 Å². The topological polar surface area (TPSA) is 57.8 Å². The minimum atomic E-state index is -0.197. The van der Waals surface area contributed by atoms with Crippen LogP contribution in [0.4, 0.5) is 0 Å². The van der Waals surface area contributed by atoms with Gasteiger partial charge >= 0.3 is 0 Å². The van der Waals surface area contributed by atoms with Gasteiger partial charge in [0.2, 0.25) is 0 Å². The van der Waals surface area contributed by atoms with Crippen molar-refractivity contribution in [3.63, 3.8) is 0 Å². The summed E-state index contributed by atoms with van der Waals surface area (Å²) in [7, 11) is 0. The van der Waals surface area contributed by atoms with Crippen LogP contribution >= 0.6 is 11.6 Å². The Hall–Kier alpha value is -1.81. The highest BCUT2D eigenvalue weighted by Crippen LogP contribution is 2.15. The van der Waals surface area contributed by atoms with Crippen LogP contribution in [0.2, 0.25) is 5.02 Å². The van der Waals surface area contributed by atoms with Gasteiger partial charge in [-0.25, -0.2) is 0 Å². The lowest BCUT2D eigenvalue weighted by atomic mass is 10.2. The molecule has 2 rings (SSSR count). The van der Waals surface area contributed by atoms with Gasteiger partial charge < -0.3 is 5.32 Å². The quantitative estimate of drug-likeness (QED) is 0.894. The Labute approximate surface area is 110 Å². The molecule has 4 nitrogen and oxygen atoms in total.